The van der Waals surface area contributed by atoms with E-state index in [2.05, 4.69) is 33.7 Å². The lowest BCUT2D eigenvalue weighted by Crippen LogP contribution is -2.55. The molecule has 0 spiro atoms. The van der Waals surface area contributed by atoms with Crippen molar-refractivity contribution in [3.8, 4) is 17.3 Å². The molecule has 4 heterocycles. The fourth-order valence-electron chi connectivity index (χ4n) is 3.66. The first-order chi connectivity index (χ1) is 13.5. The van der Waals surface area contributed by atoms with E-state index < -0.39 is 0 Å². The van der Waals surface area contributed by atoms with Crippen LogP contribution < -0.4 is 9.80 Å². The molecule has 4 rings (SSSR count). The Labute approximate surface area is 163 Å². The molecule has 8 heteroatoms. The standard InChI is InChI=1S/C20H23N7O/c1-5-15-19(28)25(4)16-12-23-20(24-18(16)27(15)13(2)3)26-10-9-22-17(26)14-7-6-8-21-11-14/h6-13,15H,5H2,1-4H3. The number of fused-ring (bicyclic) bond motifs is 1. The van der Waals surface area contributed by atoms with Crippen LogP contribution in [0.4, 0.5) is 11.5 Å². The smallest absolute Gasteiger partial charge is 0.249 e. The van der Waals surface area contributed by atoms with Gasteiger partial charge in [-0.05, 0) is 32.4 Å². The van der Waals surface area contributed by atoms with E-state index in [4.69, 9.17) is 4.98 Å². The van der Waals surface area contributed by atoms with Gasteiger partial charge in [-0.3, -0.25) is 14.3 Å². The average Bonchev–Trinajstić information content (AvgIpc) is 3.20. The highest BCUT2D eigenvalue weighted by atomic mass is 16.2. The predicted molar refractivity (Wildman–Crippen MR) is 107 cm³/mol. The Bertz CT molecular complexity index is 999. The highest BCUT2D eigenvalue weighted by Crippen LogP contribution is 2.36. The van der Waals surface area contributed by atoms with Crippen LogP contribution in [0, 0.1) is 0 Å². The number of carbonyl (C=O) groups excluding carboxylic acids is 1. The van der Waals surface area contributed by atoms with Gasteiger partial charge in [0.25, 0.3) is 0 Å². The molecule has 0 saturated heterocycles. The quantitative estimate of drug-likeness (QED) is 0.695. The van der Waals surface area contributed by atoms with Gasteiger partial charge in [-0.25, -0.2) is 9.97 Å². The van der Waals surface area contributed by atoms with Gasteiger partial charge in [-0.2, -0.15) is 4.98 Å². The van der Waals surface area contributed by atoms with Crippen molar-refractivity contribution in [1.82, 2.24) is 24.5 Å². The number of carbonyl (C=O) groups is 1. The first-order valence-corrected chi connectivity index (χ1v) is 9.40. The van der Waals surface area contributed by atoms with Gasteiger partial charge in [0.2, 0.25) is 11.9 Å². The lowest BCUT2D eigenvalue weighted by Gasteiger charge is -2.42. The molecule has 3 aromatic rings. The summed E-state index contributed by atoms with van der Waals surface area (Å²) < 4.78 is 1.84. The number of pyridine rings is 1. The molecule has 1 aliphatic heterocycles. The Hall–Kier alpha value is -3.29. The van der Waals surface area contributed by atoms with E-state index in [1.165, 1.54) is 0 Å². The van der Waals surface area contributed by atoms with Crippen LogP contribution in [-0.2, 0) is 4.79 Å². The third-order valence-corrected chi connectivity index (χ3v) is 5.01. The molecule has 0 N–H and O–H groups in total. The highest BCUT2D eigenvalue weighted by molar-refractivity contribution is 6.04. The largest absolute Gasteiger partial charge is 0.340 e. The van der Waals surface area contributed by atoms with Gasteiger partial charge < -0.3 is 9.80 Å². The SMILES string of the molecule is CCC1C(=O)N(C)c2cnc(-n3ccnc3-c3cccnc3)nc2N1C(C)C. The number of amides is 1. The summed E-state index contributed by atoms with van der Waals surface area (Å²) in [4.78, 5) is 34.5. The second-order valence-electron chi connectivity index (χ2n) is 7.06. The van der Waals surface area contributed by atoms with E-state index in [9.17, 15) is 4.79 Å². The molecule has 3 aromatic heterocycles. The molecule has 0 aliphatic carbocycles. The first-order valence-electron chi connectivity index (χ1n) is 9.40. The molecule has 8 nitrogen and oxygen atoms in total. The predicted octanol–water partition coefficient (Wildman–Crippen LogP) is 2.69. The van der Waals surface area contributed by atoms with Crippen molar-refractivity contribution < 1.29 is 4.79 Å². The maximum Gasteiger partial charge on any atom is 0.249 e. The number of hydrogen-bond acceptors (Lipinski definition) is 6. The molecule has 0 radical (unpaired) electrons. The molecule has 1 unspecified atom stereocenters. The van der Waals surface area contributed by atoms with Crippen LogP contribution in [0.5, 0.6) is 0 Å². The summed E-state index contributed by atoms with van der Waals surface area (Å²) in [5.74, 6) is 2.06. The monoisotopic (exact) mass is 377 g/mol. The second-order valence-corrected chi connectivity index (χ2v) is 7.06. The summed E-state index contributed by atoms with van der Waals surface area (Å²) in [6.45, 7) is 6.17. The van der Waals surface area contributed by atoms with Gasteiger partial charge in [0.15, 0.2) is 5.82 Å². The molecule has 28 heavy (non-hydrogen) atoms. The van der Waals surface area contributed by atoms with Gasteiger partial charge in [0, 0.05) is 43.4 Å². The van der Waals surface area contributed by atoms with Crippen LogP contribution in [0.2, 0.25) is 0 Å². The Morgan fingerprint density at radius 3 is 2.68 bits per heavy atom. The number of nitrogens with zero attached hydrogens (tertiary/aromatic N) is 7. The lowest BCUT2D eigenvalue weighted by atomic mass is 10.1. The Morgan fingerprint density at radius 2 is 2.00 bits per heavy atom. The zero-order chi connectivity index (χ0) is 19.8. The average molecular weight is 377 g/mol. The third kappa shape index (κ3) is 2.81. The van der Waals surface area contributed by atoms with Crippen molar-refractivity contribution in [1.29, 1.82) is 0 Å². The second kappa shape index (κ2) is 7.03. The molecule has 0 fully saturated rings. The van der Waals surface area contributed by atoms with Gasteiger partial charge in [-0.1, -0.05) is 6.92 Å². The van der Waals surface area contributed by atoms with Crippen molar-refractivity contribution in [3.05, 3.63) is 43.1 Å². The minimum Gasteiger partial charge on any atom is -0.340 e. The number of likely N-dealkylation sites (N-methyl/N-ethyl adjacent to an activating group) is 1. The van der Waals surface area contributed by atoms with Crippen LogP contribution in [0.15, 0.2) is 43.1 Å². The van der Waals surface area contributed by atoms with E-state index in [0.717, 1.165) is 22.9 Å². The molecule has 0 aromatic carbocycles. The number of aromatic nitrogens is 5. The van der Waals surface area contributed by atoms with E-state index in [-0.39, 0.29) is 18.0 Å². The van der Waals surface area contributed by atoms with Gasteiger partial charge in [-0.15, -0.1) is 0 Å². The summed E-state index contributed by atoms with van der Waals surface area (Å²) in [6.07, 6.45) is 9.46. The number of rotatable bonds is 4. The lowest BCUT2D eigenvalue weighted by molar-refractivity contribution is -0.120. The van der Waals surface area contributed by atoms with Gasteiger partial charge >= 0.3 is 0 Å². The number of imidazole rings is 1. The summed E-state index contributed by atoms with van der Waals surface area (Å²) in [6, 6.07) is 3.71. The molecule has 1 aliphatic rings. The summed E-state index contributed by atoms with van der Waals surface area (Å²) in [5, 5.41) is 0. The topological polar surface area (TPSA) is 80.0 Å². The molecule has 0 saturated carbocycles. The third-order valence-electron chi connectivity index (χ3n) is 5.01. The van der Waals surface area contributed by atoms with Crippen molar-refractivity contribution in [2.45, 2.75) is 39.3 Å². The molecular formula is C20H23N7O. The maximum atomic E-state index is 12.8. The fourth-order valence-corrected chi connectivity index (χ4v) is 3.66. The van der Waals surface area contributed by atoms with Crippen molar-refractivity contribution in [3.63, 3.8) is 0 Å². The van der Waals surface area contributed by atoms with E-state index >= 15 is 0 Å². The summed E-state index contributed by atoms with van der Waals surface area (Å²) in [5.41, 5.74) is 1.60. The van der Waals surface area contributed by atoms with Gasteiger partial charge in [0.05, 0.1) is 6.20 Å². The van der Waals surface area contributed by atoms with Crippen molar-refractivity contribution in [2.75, 3.05) is 16.8 Å². The summed E-state index contributed by atoms with van der Waals surface area (Å²) in [7, 11) is 1.78. The molecule has 0 bridgehead atoms. The Kier molecular flexibility index (Phi) is 4.54. The van der Waals surface area contributed by atoms with Crippen LogP contribution in [0.25, 0.3) is 17.3 Å². The highest BCUT2D eigenvalue weighted by Gasteiger charge is 2.38. The van der Waals surface area contributed by atoms with E-state index in [1.54, 1.807) is 36.7 Å². The normalized spacial score (nSPS) is 16.6. The fraction of sp³-hybridized carbons (Fsp3) is 0.350. The zero-order valence-corrected chi connectivity index (χ0v) is 16.4. The van der Waals surface area contributed by atoms with Crippen LogP contribution in [0.3, 0.4) is 0 Å². The Morgan fingerprint density at radius 1 is 1.18 bits per heavy atom. The van der Waals surface area contributed by atoms with Crippen LogP contribution in [-0.4, -0.2) is 49.5 Å². The van der Waals surface area contributed by atoms with Crippen molar-refractivity contribution in [2.24, 2.45) is 0 Å². The summed E-state index contributed by atoms with van der Waals surface area (Å²) >= 11 is 0. The molecule has 1 amide bonds. The molecule has 144 valence electrons. The first kappa shape index (κ1) is 18.1. The zero-order valence-electron chi connectivity index (χ0n) is 16.4. The molecular weight excluding hydrogens is 354 g/mol. The minimum absolute atomic E-state index is 0.0683. The van der Waals surface area contributed by atoms with Crippen LogP contribution in [0.1, 0.15) is 27.2 Å². The Balaban J connectivity index is 1.85. The van der Waals surface area contributed by atoms with E-state index in [0.29, 0.717) is 12.4 Å². The van der Waals surface area contributed by atoms with E-state index in [1.807, 2.05) is 29.8 Å². The molecule has 1 atom stereocenters. The van der Waals surface area contributed by atoms with Crippen LogP contribution >= 0.6 is 0 Å². The van der Waals surface area contributed by atoms with Gasteiger partial charge in [0.1, 0.15) is 17.6 Å². The maximum absolute atomic E-state index is 12.8. The minimum atomic E-state index is -0.235. The number of anilines is 2. The van der Waals surface area contributed by atoms with Crippen molar-refractivity contribution >= 4 is 17.4 Å². The number of hydrogen-bond donors (Lipinski definition) is 0.